The molecule has 32 heavy (non-hydrogen) atoms. The zero-order valence-electron chi connectivity index (χ0n) is 18.5. The maximum Gasteiger partial charge on any atom is 0.252 e. The number of thioether (sulfide) groups is 1. The van der Waals surface area contributed by atoms with Gasteiger partial charge in [-0.15, -0.1) is 11.8 Å². The molecule has 0 bridgehead atoms. The maximum atomic E-state index is 13.0. The number of benzene rings is 2. The molecule has 0 spiro atoms. The number of hydrogen-bond acceptors (Lipinski definition) is 5. The van der Waals surface area contributed by atoms with E-state index < -0.39 is 0 Å². The molecule has 1 aromatic heterocycles. The lowest BCUT2D eigenvalue weighted by atomic mass is 10.1. The van der Waals surface area contributed by atoms with Crippen LogP contribution in [0, 0.1) is 19.8 Å². The molecule has 2 amide bonds. The van der Waals surface area contributed by atoms with Crippen LogP contribution < -0.4 is 10.6 Å². The molecule has 166 valence electrons. The van der Waals surface area contributed by atoms with Crippen LogP contribution in [-0.2, 0) is 10.5 Å². The lowest BCUT2D eigenvalue weighted by Gasteiger charge is -2.16. The van der Waals surface area contributed by atoms with Gasteiger partial charge in [0.1, 0.15) is 5.76 Å². The van der Waals surface area contributed by atoms with Crippen molar-refractivity contribution >= 4 is 29.3 Å². The first-order valence-electron chi connectivity index (χ1n) is 10.8. The Labute approximate surface area is 192 Å². The van der Waals surface area contributed by atoms with Crippen LogP contribution in [0.15, 0.2) is 57.9 Å². The summed E-state index contributed by atoms with van der Waals surface area (Å²) in [5.74, 6) is 1.63. The Morgan fingerprint density at radius 2 is 1.84 bits per heavy atom. The van der Waals surface area contributed by atoms with Crippen LogP contribution in [0.4, 0.5) is 5.69 Å². The van der Waals surface area contributed by atoms with E-state index >= 15 is 0 Å². The zero-order chi connectivity index (χ0) is 22.7. The predicted molar refractivity (Wildman–Crippen MR) is 126 cm³/mol. The van der Waals surface area contributed by atoms with Crippen molar-refractivity contribution in [2.24, 2.45) is 5.92 Å². The van der Waals surface area contributed by atoms with E-state index in [0.29, 0.717) is 11.3 Å². The van der Waals surface area contributed by atoms with Gasteiger partial charge in [0, 0.05) is 27.8 Å². The number of aryl methyl sites for hydroxylation is 2. The molecule has 1 saturated carbocycles. The molecule has 1 atom stereocenters. The average molecular weight is 450 g/mol. The highest BCUT2D eigenvalue weighted by Crippen LogP contribution is 2.31. The van der Waals surface area contributed by atoms with E-state index in [0.717, 1.165) is 46.0 Å². The molecule has 6 nitrogen and oxygen atoms in total. The molecule has 0 radical (unpaired) electrons. The average Bonchev–Trinajstić information content (AvgIpc) is 3.59. The Kier molecular flexibility index (Phi) is 6.65. The van der Waals surface area contributed by atoms with E-state index in [-0.39, 0.29) is 23.8 Å². The smallest absolute Gasteiger partial charge is 0.252 e. The Morgan fingerprint density at radius 1 is 1.12 bits per heavy atom. The van der Waals surface area contributed by atoms with Gasteiger partial charge in [-0.05, 0) is 63.4 Å². The van der Waals surface area contributed by atoms with Gasteiger partial charge in [-0.1, -0.05) is 29.4 Å². The van der Waals surface area contributed by atoms with E-state index in [1.807, 2.05) is 69.3 Å². The number of rotatable bonds is 8. The number of amides is 2. The maximum absolute atomic E-state index is 13.0. The van der Waals surface area contributed by atoms with Gasteiger partial charge in [0.2, 0.25) is 5.91 Å². The zero-order valence-corrected chi connectivity index (χ0v) is 19.3. The Bertz CT molecular complexity index is 1100. The second-order valence-corrected chi connectivity index (χ2v) is 9.19. The Balaban J connectivity index is 1.39. The molecule has 1 heterocycles. The summed E-state index contributed by atoms with van der Waals surface area (Å²) in [6.07, 6.45) is 1.95. The normalized spacial score (nSPS) is 14.1. The third kappa shape index (κ3) is 5.22. The van der Waals surface area contributed by atoms with Crippen molar-refractivity contribution in [2.45, 2.75) is 50.3 Å². The number of nitrogens with one attached hydrogen (secondary N) is 2. The summed E-state index contributed by atoms with van der Waals surface area (Å²) in [5, 5.41) is 10.0. The number of nitrogens with zero attached hydrogens (tertiary/aromatic N) is 1. The molecule has 1 aliphatic rings. The molecule has 7 heteroatoms. The third-order valence-electron chi connectivity index (χ3n) is 5.66. The summed E-state index contributed by atoms with van der Waals surface area (Å²) in [6.45, 7) is 5.78. The molecular weight excluding hydrogens is 422 g/mol. The van der Waals surface area contributed by atoms with E-state index in [1.54, 1.807) is 11.8 Å². The van der Waals surface area contributed by atoms with Crippen LogP contribution in [-0.4, -0.2) is 17.0 Å². The van der Waals surface area contributed by atoms with Crippen molar-refractivity contribution in [2.75, 3.05) is 5.32 Å². The highest BCUT2D eigenvalue weighted by Gasteiger charge is 2.29. The van der Waals surface area contributed by atoms with Crippen LogP contribution in [0.25, 0.3) is 0 Å². The van der Waals surface area contributed by atoms with Crippen LogP contribution in [0.1, 0.15) is 58.7 Å². The number of carbonyl (C=O) groups excluding carboxylic acids is 2. The van der Waals surface area contributed by atoms with Crippen LogP contribution in [0.3, 0.4) is 0 Å². The largest absolute Gasteiger partial charge is 0.361 e. The van der Waals surface area contributed by atoms with E-state index in [4.69, 9.17) is 4.52 Å². The first-order valence-corrected chi connectivity index (χ1v) is 11.8. The quantitative estimate of drug-likeness (QED) is 0.449. The van der Waals surface area contributed by atoms with Crippen molar-refractivity contribution in [1.29, 1.82) is 0 Å². The van der Waals surface area contributed by atoms with Crippen molar-refractivity contribution < 1.29 is 14.1 Å². The highest BCUT2D eigenvalue weighted by molar-refractivity contribution is 7.98. The van der Waals surface area contributed by atoms with Gasteiger partial charge in [0.05, 0.1) is 17.3 Å². The molecule has 2 aromatic carbocycles. The SMILES string of the molecule is Cc1noc(C)c1CSc1ccccc1C(=O)NC(C)c1ccc(NC(=O)C2CC2)cc1. The fourth-order valence-electron chi connectivity index (χ4n) is 3.44. The molecule has 4 rings (SSSR count). The van der Waals surface area contributed by atoms with Crippen molar-refractivity contribution in [3.8, 4) is 0 Å². The van der Waals surface area contributed by atoms with Crippen LogP contribution in [0.2, 0.25) is 0 Å². The summed E-state index contributed by atoms with van der Waals surface area (Å²) in [4.78, 5) is 25.9. The van der Waals surface area contributed by atoms with E-state index in [2.05, 4.69) is 15.8 Å². The molecule has 0 aliphatic heterocycles. The fraction of sp³-hybridized carbons (Fsp3) is 0.320. The number of anilines is 1. The molecular formula is C25H27N3O3S. The Hall–Kier alpha value is -3.06. The van der Waals surface area contributed by atoms with Crippen molar-refractivity contribution in [3.05, 3.63) is 76.7 Å². The molecule has 0 saturated heterocycles. The summed E-state index contributed by atoms with van der Waals surface area (Å²) >= 11 is 1.60. The van der Waals surface area contributed by atoms with Gasteiger partial charge in [-0.2, -0.15) is 0 Å². The molecule has 1 aliphatic carbocycles. The minimum Gasteiger partial charge on any atom is -0.361 e. The lowest BCUT2D eigenvalue weighted by molar-refractivity contribution is -0.117. The van der Waals surface area contributed by atoms with Gasteiger partial charge >= 0.3 is 0 Å². The van der Waals surface area contributed by atoms with Gasteiger partial charge < -0.3 is 15.2 Å². The molecule has 3 aromatic rings. The molecule has 2 N–H and O–H groups in total. The first kappa shape index (κ1) is 22.1. The highest BCUT2D eigenvalue weighted by atomic mass is 32.2. The third-order valence-corrected chi connectivity index (χ3v) is 6.76. The van der Waals surface area contributed by atoms with Crippen molar-refractivity contribution in [1.82, 2.24) is 10.5 Å². The van der Waals surface area contributed by atoms with Gasteiger partial charge in [-0.3, -0.25) is 9.59 Å². The topological polar surface area (TPSA) is 84.2 Å². The van der Waals surface area contributed by atoms with Gasteiger partial charge in [-0.25, -0.2) is 0 Å². The standard InChI is InChI=1S/C25H27N3O3S/c1-15(18-10-12-20(13-11-18)27-24(29)19-8-9-19)26-25(30)21-6-4-5-7-23(21)32-14-22-16(2)28-31-17(22)3/h4-7,10-13,15,19H,8-9,14H2,1-3H3,(H,26,30)(H,27,29). The minimum atomic E-state index is -0.170. The van der Waals surface area contributed by atoms with Gasteiger partial charge in [0.25, 0.3) is 5.91 Å². The van der Waals surface area contributed by atoms with E-state index in [9.17, 15) is 9.59 Å². The summed E-state index contributed by atoms with van der Waals surface area (Å²) < 4.78 is 5.24. The monoisotopic (exact) mass is 449 g/mol. The molecule has 1 fully saturated rings. The molecule has 1 unspecified atom stereocenters. The summed E-state index contributed by atoms with van der Waals surface area (Å²) in [6, 6.07) is 15.1. The predicted octanol–water partition coefficient (Wildman–Crippen LogP) is 5.42. The van der Waals surface area contributed by atoms with Crippen LogP contribution in [0.5, 0.6) is 0 Å². The van der Waals surface area contributed by atoms with Crippen molar-refractivity contribution in [3.63, 3.8) is 0 Å². The summed E-state index contributed by atoms with van der Waals surface area (Å²) in [7, 11) is 0. The van der Waals surface area contributed by atoms with Gasteiger partial charge in [0.15, 0.2) is 0 Å². The number of aromatic nitrogens is 1. The second-order valence-electron chi connectivity index (χ2n) is 8.17. The Morgan fingerprint density at radius 3 is 2.50 bits per heavy atom. The summed E-state index contributed by atoms with van der Waals surface area (Å²) in [5.41, 5.74) is 4.34. The number of hydrogen-bond donors (Lipinski definition) is 2. The van der Waals surface area contributed by atoms with Crippen LogP contribution >= 0.6 is 11.8 Å². The van der Waals surface area contributed by atoms with E-state index in [1.165, 1.54) is 0 Å². The second kappa shape index (κ2) is 9.61. The lowest BCUT2D eigenvalue weighted by Crippen LogP contribution is -2.27. The number of carbonyl (C=O) groups is 2. The minimum absolute atomic E-state index is 0.0878. The fourth-order valence-corrected chi connectivity index (χ4v) is 4.64. The first-order chi connectivity index (χ1) is 15.4.